The van der Waals surface area contributed by atoms with E-state index in [1.165, 1.54) is 11.3 Å². The van der Waals surface area contributed by atoms with Gasteiger partial charge in [-0.1, -0.05) is 6.07 Å². The summed E-state index contributed by atoms with van der Waals surface area (Å²) < 4.78 is 5.37. The number of thiophene rings is 1. The van der Waals surface area contributed by atoms with E-state index in [-0.39, 0.29) is 18.0 Å². The molecule has 0 radical (unpaired) electrons. The van der Waals surface area contributed by atoms with E-state index >= 15 is 0 Å². The molecule has 0 unspecified atom stereocenters. The van der Waals surface area contributed by atoms with Crippen LogP contribution in [0.4, 0.5) is 4.79 Å². The zero-order valence-corrected chi connectivity index (χ0v) is 13.8. The molecule has 1 saturated heterocycles. The first-order valence-electron chi connectivity index (χ1n) is 7.06. The first-order chi connectivity index (χ1) is 9.78. The van der Waals surface area contributed by atoms with Crippen molar-refractivity contribution in [3.05, 3.63) is 22.4 Å². The monoisotopic (exact) mass is 310 g/mol. The average molecular weight is 310 g/mol. The molecule has 0 N–H and O–H groups in total. The molecule has 21 heavy (non-hydrogen) atoms. The first-order valence-corrected chi connectivity index (χ1v) is 7.94. The molecule has 0 aromatic carbocycles. The Balaban J connectivity index is 1.93. The number of hydrogen-bond acceptors (Lipinski definition) is 4. The molecule has 2 rings (SSSR count). The molecule has 6 heteroatoms. The van der Waals surface area contributed by atoms with E-state index < -0.39 is 5.60 Å². The van der Waals surface area contributed by atoms with Gasteiger partial charge >= 0.3 is 6.09 Å². The summed E-state index contributed by atoms with van der Waals surface area (Å²) >= 11 is 1.45. The van der Waals surface area contributed by atoms with E-state index in [4.69, 9.17) is 4.74 Å². The van der Waals surface area contributed by atoms with Crippen molar-refractivity contribution >= 4 is 23.3 Å². The van der Waals surface area contributed by atoms with Crippen molar-refractivity contribution in [2.75, 3.05) is 20.1 Å². The van der Waals surface area contributed by atoms with E-state index in [9.17, 15) is 9.59 Å². The summed E-state index contributed by atoms with van der Waals surface area (Å²) in [6, 6.07) is 3.72. The lowest BCUT2D eigenvalue weighted by Gasteiger charge is -2.28. The average Bonchev–Trinajstić information content (AvgIpc) is 3.06. The minimum atomic E-state index is -0.504. The molecule has 0 saturated carbocycles. The van der Waals surface area contributed by atoms with Crippen LogP contribution >= 0.6 is 11.3 Å². The van der Waals surface area contributed by atoms with Gasteiger partial charge in [-0.2, -0.15) is 0 Å². The maximum atomic E-state index is 12.3. The molecule has 0 bridgehead atoms. The largest absolute Gasteiger partial charge is 0.444 e. The zero-order valence-electron chi connectivity index (χ0n) is 13.0. The van der Waals surface area contributed by atoms with Crippen LogP contribution in [0.25, 0.3) is 0 Å². The minimum Gasteiger partial charge on any atom is -0.444 e. The number of nitrogens with zero attached hydrogens (tertiary/aromatic N) is 2. The molecular weight excluding hydrogens is 288 g/mol. The lowest BCUT2D eigenvalue weighted by molar-refractivity contribution is 0.0226. The Labute approximate surface area is 129 Å². The van der Waals surface area contributed by atoms with Crippen molar-refractivity contribution in [1.29, 1.82) is 0 Å². The van der Waals surface area contributed by atoms with Crippen molar-refractivity contribution < 1.29 is 14.3 Å². The Kier molecular flexibility index (Phi) is 4.56. The van der Waals surface area contributed by atoms with Crippen LogP contribution in [0.2, 0.25) is 0 Å². The molecule has 1 aliphatic rings. The number of carbonyl (C=O) groups is 2. The molecular formula is C15H22N2O3S. The molecule has 1 aromatic rings. The van der Waals surface area contributed by atoms with E-state index in [0.29, 0.717) is 13.1 Å². The fraction of sp³-hybridized carbons (Fsp3) is 0.600. The summed E-state index contributed by atoms with van der Waals surface area (Å²) in [6.45, 7) is 6.78. The zero-order chi connectivity index (χ0) is 15.6. The topological polar surface area (TPSA) is 49.9 Å². The van der Waals surface area contributed by atoms with E-state index in [1.807, 2.05) is 38.3 Å². The second kappa shape index (κ2) is 6.05. The van der Waals surface area contributed by atoms with Crippen molar-refractivity contribution in [1.82, 2.24) is 9.80 Å². The Morgan fingerprint density at radius 2 is 2.14 bits per heavy atom. The van der Waals surface area contributed by atoms with E-state index in [0.717, 1.165) is 11.3 Å². The van der Waals surface area contributed by atoms with Gasteiger partial charge in [-0.25, -0.2) is 4.79 Å². The molecule has 1 fully saturated rings. The SMILES string of the molecule is CN(C(=O)OC(C)(C)C)[C@H]1CCN(C(=O)c2cccs2)C1. The number of amides is 2. The van der Waals surface area contributed by atoms with Crippen LogP contribution in [0.3, 0.4) is 0 Å². The van der Waals surface area contributed by atoms with Crippen molar-refractivity contribution in [3.8, 4) is 0 Å². The highest BCUT2D eigenvalue weighted by molar-refractivity contribution is 7.12. The molecule has 1 aromatic heterocycles. The van der Waals surface area contributed by atoms with Crippen LogP contribution in [-0.2, 0) is 4.74 Å². The summed E-state index contributed by atoms with van der Waals surface area (Å²) in [7, 11) is 1.73. The van der Waals surface area contributed by atoms with Crippen molar-refractivity contribution in [3.63, 3.8) is 0 Å². The van der Waals surface area contributed by atoms with Gasteiger partial charge in [-0.05, 0) is 38.6 Å². The van der Waals surface area contributed by atoms with Crippen LogP contribution in [0.5, 0.6) is 0 Å². The molecule has 0 spiro atoms. The van der Waals surface area contributed by atoms with Gasteiger partial charge in [-0.15, -0.1) is 11.3 Å². The third-order valence-electron chi connectivity index (χ3n) is 3.41. The van der Waals surface area contributed by atoms with Crippen LogP contribution in [0.1, 0.15) is 36.9 Å². The molecule has 2 amide bonds. The molecule has 1 atom stereocenters. The summed E-state index contributed by atoms with van der Waals surface area (Å²) in [4.78, 5) is 28.5. The third-order valence-corrected chi connectivity index (χ3v) is 4.27. The lowest BCUT2D eigenvalue weighted by Crippen LogP contribution is -2.42. The van der Waals surface area contributed by atoms with Crippen LogP contribution in [0, 0.1) is 0 Å². The summed E-state index contributed by atoms with van der Waals surface area (Å²) in [5.74, 6) is 0.0464. The second-order valence-corrected chi connectivity index (χ2v) is 7.21. The molecule has 2 heterocycles. The number of carbonyl (C=O) groups excluding carboxylic acids is 2. The molecule has 1 aliphatic heterocycles. The van der Waals surface area contributed by atoms with Crippen molar-refractivity contribution in [2.24, 2.45) is 0 Å². The summed E-state index contributed by atoms with van der Waals surface area (Å²) in [5, 5.41) is 1.90. The van der Waals surface area contributed by atoms with Crippen LogP contribution in [0.15, 0.2) is 17.5 Å². The maximum absolute atomic E-state index is 12.3. The fourth-order valence-electron chi connectivity index (χ4n) is 2.28. The highest BCUT2D eigenvalue weighted by atomic mass is 32.1. The fourth-order valence-corrected chi connectivity index (χ4v) is 2.97. The third kappa shape index (κ3) is 3.97. The standard InChI is InChI=1S/C15H22N2O3S/c1-15(2,3)20-14(19)16(4)11-7-8-17(10-11)13(18)12-6-5-9-21-12/h5-6,9,11H,7-8,10H2,1-4H3/t11-/m0/s1. The van der Waals surface area contributed by atoms with Gasteiger partial charge in [0.1, 0.15) is 5.60 Å². The smallest absolute Gasteiger partial charge is 0.410 e. The molecule has 116 valence electrons. The Morgan fingerprint density at radius 3 is 2.71 bits per heavy atom. The van der Waals surface area contributed by atoms with E-state index in [1.54, 1.807) is 16.8 Å². The summed E-state index contributed by atoms with van der Waals surface area (Å²) in [6.07, 6.45) is 0.449. The maximum Gasteiger partial charge on any atom is 0.410 e. The quantitative estimate of drug-likeness (QED) is 0.844. The van der Waals surface area contributed by atoms with Gasteiger partial charge < -0.3 is 14.5 Å². The van der Waals surface area contributed by atoms with Crippen LogP contribution < -0.4 is 0 Å². The predicted octanol–water partition coefficient (Wildman–Crippen LogP) is 2.83. The predicted molar refractivity (Wildman–Crippen MR) is 82.6 cm³/mol. The minimum absolute atomic E-state index is 0.0174. The Hall–Kier alpha value is -1.56. The van der Waals surface area contributed by atoms with Gasteiger partial charge in [0, 0.05) is 20.1 Å². The van der Waals surface area contributed by atoms with Gasteiger partial charge in [-0.3, -0.25) is 4.79 Å². The van der Waals surface area contributed by atoms with Crippen molar-refractivity contribution in [2.45, 2.75) is 38.8 Å². The number of rotatable bonds is 2. The number of likely N-dealkylation sites (N-methyl/N-ethyl adjacent to an activating group) is 1. The highest BCUT2D eigenvalue weighted by Crippen LogP contribution is 2.21. The van der Waals surface area contributed by atoms with Gasteiger partial charge in [0.25, 0.3) is 5.91 Å². The van der Waals surface area contributed by atoms with Gasteiger partial charge in [0.2, 0.25) is 0 Å². The number of hydrogen-bond donors (Lipinski definition) is 0. The highest BCUT2D eigenvalue weighted by Gasteiger charge is 2.33. The molecule has 0 aliphatic carbocycles. The Morgan fingerprint density at radius 1 is 1.43 bits per heavy atom. The van der Waals surface area contributed by atoms with Gasteiger partial charge in [0.15, 0.2) is 0 Å². The van der Waals surface area contributed by atoms with Gasteiger partial charge in [0.05, 0.1) is 10.9 Å². The van der Waals surface area contributed by atoms with Crippen LogP contribution in [-0.4, -0.2) is 53.6 Å². The summed E-state index contributed by atoms with van der Waals surface area (Å²) in [5.41, 5.74) is -0.504. The number of likely N-dealkylation sites (tertiary alicyclic amines) is 1. The number of ether oxygens (including phenoxy) is 1. The first kappa shape index (κ1) is 15.8. The second-order valence-electron chi connectivity index (χ2n) is 6.26. The van der Waals surface area contributed by atoms with E-state index in [2.05, 4.69) is 0 Å². The molecule has 5 nitrogen and oxygen atoms in total. The Bertz CT molecular complexity index is 507. The lowest BCUT2D eigenvalue weighted by atomic mass is 10.2. The normalized spacial score (nSPS) is 18.7.